The molecule has 21 heavy (non-hydrogen) atoms. The number of esters is 1. The van der Waals surface area contributed by atoms with Crippen molar-refractivity contribution >= 4 is 28.3 Å². The number of nitrogens with zero attached hydrogens (tertiary/aromatic N) is 5. The fourth-order valence-electron chi connectivity index (χ4n) is 2.19. The van der Waals surface area contributed by atoms with Crippen LogP contribution in [0.25, 0.3) is 0 Å². The summed E-state index contributed by atoms with van der Waals surface area (Å²) in [5.74, 6) is 0.309. The molecule has 3 heterocycles. The van der Waals surface area contributed by atoms with E-state index in [-0.39, 0.29) is 5.69 Å². The number of anilines is 2. The highest BCUT2D eigenvalue weighted by Gasteiger charge is 2.20. The van der Waals surface area contributed by atoms with Crippen LogP contribution in [0.2, 0.25) is 0 Å². The van der Waals surface area contributed by atoms with E-state index in [9.17, 15) is 4.79 Å². The van der Waals surface area contributed by atoms with Crippen LogP contribution in [-0.2, 0) is 4.74 Å². The van der Waals surface area contributed by atoms with Crippen molar-refractivity contribution in [1.82, 2.24) is 15.0 Å². The second-order valence-corrected chi connectivity index (χ2v) is 5.41. The first kappa shape index (κ1) is 13.7. The molecule has 0 saturated carbocycles. The van der Waals surface area contributed by atoms with Crippen molar-refractivity contribution in [1.29, 1.82) is 0 Å². The lowest BCUT2D eigenvalue weighted by molar-refractivity contribution is 0.0593. The third-order valence-corrected chi connectivity index (χ3v) is 4.16. The lowest BCUT2D eigenvalue weighted by Crippen LogP contribution is -2.46. The molecule has 8 heteroatoms. The zero-order valence-corrected chi connectivity index (χ0v) is 12.4. The maximum atomic E-state index is 11.3. The molecule has 0 aromatic carbocycles. The lowest BCUT2D eigenvalue weighted by atomic mass is 10.3. The summed E-state index contributed by atoms with van der Waals surface area (Å²) in [5, 5.41) is 3.04. The molecule has 0 atom stereocenters. The van der Waals surface area contributed by atoms with Crippen LogP contribution >= 0.6 is 11.3 Å². The van der Waals surface area contributed by atoms with Gasteiger partial charge in [-0.25, -0.2) is 19.7 Å². The summed E-state index contributed by atoms with van der Waals surface area (Å²) in [7, 11) is 1.33. The van der Waals surface area contributed by atoms with E-state index in [1.54, 1.807) is 17.5 Å². The van der Waals surface area contributed by atoms with Gasteiger partial charge in [0.2, 0.25) is 0 Å². The normalized spacial score (nSPS) is 15.1. The van der Waals surface area contributed by atoms with Crippen molar-refractivity contribution in [3.63, 3.8) is 0 Å². The topological polar surface area (TPSA) is 71.5 Å². The first-order chi connectivity index (χ1) is 10.3. The first-order valence-electron chi connectivity index (χ1n) is 6.57. The molecule has 0 bridgehead atoms. The van der Waals surface area contributed by atoms with E-state index in [4.69, 9.17) is 0 Å². The number of aromatic nitrogens is 3. The summed E-state index contributed by atoms with van der Waals surface area (Å²) in [5.41, 5.74) is 0.225. The SMILES string of the molecule is COC(=O)c1cnc(N2CCN(c3nccs3)CC2)cn1. The maximum absolute atomic E-state index is 11.3. The molecular weight excluding hydrogens is 290 g/mol. The van der Waals surface area contributed by atoms with Crippen molar-refractivity contribution in [2.24, 2.45) is 0 Å². The zero-order chi connectivity index (χ0) is 14.7. The van der Waals surface area contributed by atoms with Crippen LogP contribution in [0.5, 0.6) is 0 Å². The Hall–Kier alpha value is -2.22. The summed E-state index contributed by atoms with van der Waals surface area (Å²) in [6.07, 6.45) is 4.89. The van der Waals surface area contributed by atoms with Gasteiger partial charge in [-0.2, -0.15) is 0 Å². The second kappa shape index (κ2) is 6.04. The Balaban J connectivity index is 1.63. The smallest absolute Gasteiger partial charge is 0.358 e. The van der Waals surface area contributed by atoms with Crippen LogP contribution in [0.1, 0.15) is 10.5 Å². The number of thiazole rings is 1. The van der Waals surface area contributed by atoms with Crippen LogP contribution in [0.15, 0.2) is 24.0 Å². The molecule has 0 amide bonds. The summed E-state index contributed by atoms with van der Waals surface area (Å²) in [6, 6.07) is 0. The lowest BCUT2D eigenvalue weighted by Gasteiger charge is -2.35. The molecule has 0 unspecified atom stereocenters. The van der Waals surface area contributed by atoms with E-state index in [0.717, 1.165) is 37.1 Å². The van der Waals surface area contributed by atoms with Crippen molar-refractivity contribution in [3.8, 4) is 0 Å². The zero-order valence-electron chi connectivity index (χ0n) is 11.6. The molecule has 1 aliphatic heterocycles. The third-order valence-electron chi connectivity index (χ3n) is 3.33. The molecule has 0 aliphatic carbocycles. The molecular formula is C13H15N5O2S. The van der Waals surface area contributed by atoms with Gasteiger partial charge < -0.3 is 14.5 Å². The monoisotopic (exact) mass is 305 g/mol. The molecule has 110 valence electrons. The summed E-state index contributed by atoms with van der Waals surface area (Å²) < 4.78 is 4.61. The Kier molecular flexibility index (Phi) is 3.96. The number of hydrogen-bond acceptors (Lipinski definition) is 8. The Labute approximate surface area is 126 Å². The van der Waals surface area contributed by atoms with Gasteiger partial charge in [-0.3, -0.25) is 0 Å². The number of carbonyl (C=O) groups excluding carboxylic acids is 1. The third kappa shape index (κ3) is 2.94. The molecule has 3 rings (SSSR count). The van der Waals surface area contributed by atoms with Crippen LogP contribution < -0.4 is 9.80 Å². The number of carbonyl (C=O) groups is 1. The van der Waals surface area contributed by atoms with Gasteiger partial charge in [-0.15, -0.1) is 11.3 Å². The molecule has 1 saturated heterocycles. The van der Waals surface area contributed by atoms with Gasteiger partial charge in [0.1, 0.15) is 5.82 Å². The van der Waals surface area contributed by atoms with Gasteiger partial charge in [0.25, 0.3) is 0 Å². The van der Waals surface area contributed by atoms with Gasteiger partial charge in [-0.05, 0) is 0 Å². The minimum atomic E-state index is -0.470. The maximum Gasteiger partial charge on any atom is 0.358 e. The molecule has 1 aliphatic rings. The molecule has 0 N–H and O–H groups in total. The average Bonchev–Trinajstić information content (AvgIpc) is 3.09. The fraction of sp³-hybridized carbons (Fsp3) is 0.385. The van der Waals surface area contributed by atoms with Gasteiger partial charge >= 0.3 is 5.97 Å². The molecule has 0 spiro atoms. The fourth-order valence-corrected chi connectivity index (χ4v) is 2.89. The van der Waals surface area contributed by atoms with E-state index in [1.807, 2.05) is 11.6 Å². The van der Waals surface area contributed by atoms with Crippen molar-refractivity contribution < 1.29 is 9.53 Å². The minimum absolute atomic E-state index is 0.225. The average molecular weight is 305 g/mol. The Morgan fingerprint density at radius 2 is 1.90 bits per heavy atom. The van der Waals surface area contributed by atoms with Gasteiger partial charge in [0, 0.05) is 37.8 Å². The first-order valence-corrected chi connectivity index (χ1v) is 7.45. The van der Waals surface area contributed by atoms with Gasteiger partial charge in [0.15, 0.2) is 10.8 Å². The highest BCUT2D eigenvalue weighted by Crippen LogP contribution is 2.20. The summed E-state index contributed by atoms with van der Waals surface area (Å²) >= 11 is 1.65. The van der Waals surface area contributed by atoms with E-state index in [0.29, 0.717) is 0 Å². The largest absolute Gasteiger partial charge is 0.464 e. The van der Waals surface area contributed by atoms with Crippen LogP contribution in [-0.4, -0.2) is 54.2 Å². The van der Waals surface area contributed by atoms with Gasteiger partial charge in [0.05, 0.1) is 19.5 Å². The van der Waals surface area contributed by atoms with Crippen molar-refractivity contribution in [2.75, 3.05) is 43.1 Å². The number of methoxy groups -OCH3 is 1. The van der Waals surface area contributed by atoms with E-state index >= 15 is 0 Å². The number of rotatable bonds is 3. The molecule has 0 radical (unpaired) electrons. The number of hydrogen-bond donors (Lipinski definition) is 0. The predicted octanol–water partition coefficient (Wildman–Crippen LogP) is 1.05. The van der Waals surface area contributed by atoms with Crippen LogP contribution in [0.4, 0.5) is 10.9 Å². The van der Waals surface area contributed by atoms with Crippen LogP contribution in [0, 0.1) is 0 Å². The van der Waals surface area contributed by atoms with Gasteiger partial charge in [-0.1, -0.05) is 0 Å². The highest BCUT2D eigenvalue weighted by molar-refractivity contribution is 7.13. The standard InChI is InChI=1S/C13H15N5O2S/c1-20-12(19)10-8-16-11(9-15-10)17-3-5-18(6-4-17)13-14-2-7-21-13/h2,7-9H,3-6H2,1H3. The van der Waals surface area contributed by atoms with Crippen LogP contribution in [0.3, 0.4) is 0 Å². The predicted molar refractivity (Wildman–Crippen MR) is 79.9 cm³/mol. The Morgan fingerprint density at radius 1 is 1.14 bits per heavy atom. The number of ether oxygens (including phenoxy) is 1. The van der Waals surface area contributed by atoms with E-state index in [2.05, 4.69) is 29.5 Å². The highest BCUT2D eigenvalue weighted by atomic mass is 32.1. The van der Waals surface area contributed by atoms with Crippen molar-refractivity contribution in [3.05, 3.63) is 29.7 Å². The molecule has 2 aromatic heterocycles. The molecule has 7 nitrogen and oxygen atoms in total. The Morgan fingerprint density at radius 3 is 2.48 bits per heavy atom. The summed E-state index contributed by atoms with van der Waals surface area (Å²) in [6.45, 7) is 3.50. The molecule has 2 aromatic rings. The second-order valence-electron chi connectivity index (χ2n) is 4.54. The van der Waals surface area contributed by atoms with E-state index < -0.39 is 5.97 Å². The summed E-state index contributed by atoms with van der Waals surface area (Å²) in [4.78, 5) is 28.4. The number of piperazine rings is 1. The Bertz CT molecular complexity index is 594. The molecule has 1 fully saturated rings. The minimum Gasteiger partial charge on any atom is -0.464 e. The van der Waals surface area contributed by atoms with E-state index in [1.165, 1.54) is 13.3 Å². The quantitative estimate of drug-likeness (QED) is 0.785. The van der Waals surface area contributed by atoms with Crippen molar-refractivity contribution in [2.45, 2.75) is 0 Å².